The molecule has 1 aromatic heterocycles. The Bertz CT molecular complexity index is 389. The van der Waals surface area contributed by atoms with Gasteiger partial charge in [-0.15, -0.1) is 0 Å². The second-order valence-corrected chi connectivity index (χ2v) is 4.23. The van der Waals surface area contributed by atoms with Gasteiger partial charge in [0.05, 0.1) is 16.6 Å². The summed E-state index contributed by atoms with van der Waals surface area (Å²) in [5.74, 6) is -1.66. The van der Waals surface area contributed by atoms with E-state index in [1.807, 2.05) is 0 Å². The predicted molar refractivity (Wildman–Crippen MR) is 50.9 cm³/mol. The van der Waals surface area contributed by atoms with Crippen LogP contribution in [0.5, 0.6) is 0 Å². The van der Waals surface area contributed by atoms with Crippen LogP contribution in [0.15, 0.2) is 12.3 Å². The minimum atomic E-state index is -4.10. The largest absolute Gasteiger partial charge is 0.392 e. The number of aromatic nitrogens is 1. The molecule has 1 aliphatic carbocycles. The highest BCUT2D eigenvalue weighted by Crippen LogP contribution is 2.56. The average Bonchev–Trinajstić information content (AvgIpc) is 2.87. The van der Waals surface area contributed by atoms with Crippen molar-refractivity contribution >= 4 is 11.6 Å². The summed E-state index contributed by atoms with van der Waals surface area (Å²) < 4.78 is 36.9. The molecule has 1 saturated carbocycles. The topological polar surface area (TPSA) is 12.9 Å². The van der Waals surface area contributed by atoms with E-state index in [0.717, 1.165) is 0 Å². The van der Waals surface area contributed by atoms with Gasteiger partial charge in [0.25, 0.3) is 0 Å². The molecule has 0 bridgehead atoms. The molecule has 0 amide bonds. The number of pyridine rings is 1. The highest BCUT2D eigenvalue weighted by molar-refractivity contribution is 6.31. The van der Waals surface area contributed by atoms with Crippen LogP contribution in [0.3, 0.4) is 0 Å². The summed E-state index contributed by atoms with van der Waals surface area (Å²) in [7, 11) is 0. The lowest BCUT2D eigenvalue weighted by Gasteiger charge is -2.06. The molecule has 0 spiro atoms. The fourth-order valence-electron chi connectivity index (χ4n) is 1.65. The maximum Gasteiger partial charge on any atom is 0.392 e. The molecule has 1 fully saturated rings. The van der Waals surface area contributed by atoms with Crippen molar-refractivity contribution in [2.24, 2.45) is 5.92 Å². The quantitative estimate of drug-likeness (QED) is 0.723. The molecule has 82 valence electrons. The van der Waals surface area contributed by atoms with Crippen molar-refractivity contribution in [3.8, 4) is 0 Å². The normalized spacial score (nSPS) is 25.4. The number of aryl methyl sites for hydroxylation is 1. The highest BCUT2D eigenvalue weighted by atomic mass is 35.5. The molecule has 0 N–H and O–H groups in total. The summed E-state index contributed by atoms with van der Waals surface area (Å²) in [5, 5.41) is 0.431. The number of halogens is 4. The van der Waals surface area contributed by atoms with Gasteiger partial charge in [-0.25, -0.2) is 0 Å². The summed E-state index contributed by atoms with van der Waals surface area (Å²) in [4.78, 5) is 3.96. The maximum absolute atomic E-state index is 12.3. The number of alkyl halides is 3. The molecular weight excluding hydrogens is 227 g/mol. The molecule has 0 saturated heterocycles. The number of hydrogen-bond donors (Lipinski definition) is 0. The van der Waals surface area contributed by atoms with E-state index in [4.69, 9.17) is 11.6 Å². The van der Waals surface area contributed by atoms with Crippen LogP contribution in [0.25, 0.3) is 0 Å². The molecule has 0 aromatic carbocycles. The second kappa shape index (κ2) is 3.37. The first kappa shape index (κ1) is 10.7. The minimum Gasteiger partial charge on any atom is -0.260 e. The first-order valence-corrected chi connectivity index (χ1v) is 4.96. The van der Waals surface area contributed by atoms with Gasteiger partial charge in [-0.1, -0.05) is 11.6 Å². The monoisotopic (exact) mass is 235 g/mol. The van der Waals surface area contributed by atoms with Gasteiger partial charge in [0, 0.05) is 6.20 Å². The Labute approximate surface area is 90.3 Å². The molecule has 1 nitrogen and oxygen atoms in total. The van der Waals surface area contributed by atoms with Crippen LogP contribution in [-0.2, 0) is 0 Å². The summed E-state index contributed by atoms with van der Waals surface area (Å²) in [6, 6.07) is 1.58. The molecule has 2 atom stereocenters. The lowest BCUT2D eigenvalue weighted by Crippen LogP contribution is -2.11. The predicted octanol–water partition coefficient (Wildman–Crippen LogP) is 3.71. The molecule has 0 radical (unpaired) electrons. The van der Waals surface area contributed by atoms with Gasteiger partial charge in [0.1, 0.15) is 0 Å². The standard InChI is InChI=1S/C10H9ClF3N/c1-5-9(11)2-6(4-15-5)7-3-8(7)10(12,13)14/h2,4,7-8H,3H2,1H3. The highest BCUT2D eigenvalue weighted by Gasteiger charge is 2.56. The smallest absolute Gasteiger partial charge is 0.260 e. The Hall–Kier alpha value is -0.770. The van der Waals surface area contributed by atoms with E-state index >= 15 is 0 Å². The third-order valence-electron chi connectivity index (χ3n) is 2.69. The molecule has 1 aliphatic rings. The summed E-state index contributed by atoms with van der Waals surface area (Å²) in [6.07, 6.45) is -2.45. The Balaban J connectivity index is 2.17. The van der Waals surface area contributed by atoms with Crippen molar-refractivity contribution in [1.82, 2.24) is 4.98 Å². The molecule has 0 aliphatic heterocycles. The van der Waals surface area contributed by atoms with E-state index in [9.17, 15) is 13.2 Å². The first-order chi connectivity index (χ1) is 6.89. The summed E-state index contributed by atoms with van der Waals surface area (Å²) in [5.41, 5.74) is 1.23. The molecule has 5 heteroatoms. The summed E-state index contributed by atoms with van der Waals surface area (Å²) in [6.45, 7) is 1.72. The molecule has 1 heterocycles. The maximum atomic E-state index is 12.3. The fourth-order valence-corrected chi connectivity index (χ4v) is 1.82. The number of hydrogen-bond acceptors (Lipinski definition) is 1. The molecule has 1 aromatic rings. The van der Waals surface area contributed by atoms with Crippen molar-refractivity contribution in [2.75, 3.05) is 0 Å². The van der Waals surface area contributed by atoms with Crippen LogP contribution in [-0.4, -0.2) is 11.2 Å². The van der Waals surface area contributed by atoms with E-state index in [2.05, 4.69) is 4.98 Å². The molecule has 2 rings (SSSR count). The van der Waals surface area contributed by atoms with E-state index < -0.39 is 18.0 Å². The van der Waals surface area contributed by atoms with Crippen LogP contribution in [0.4, 0.5) is 13.2 Å². The number of nitrogens with zero attached hydrogens (tertiary/aromatic N) is 1. The van der Waals surface area contributed by atoms with Crippen LogP contribution in [0.1, 0.15) is 23.6 Å². The molecule has 2 unspecified atom stereocenters. The van der Waals surface area contributed by atoms with Crippen molar-refractivity contribution in [3.63, 3.8) is 0 Å². The van der Waals surface area contributed by atoms with Crippen molar-refractivity contribution in [3.05, 3.63) is 28.5 Å². The lowest BCUT2D eigenvalue weighted by molar-refractivity contribution is -0.148. The van der Waals surface area contributed by atoms with Crippen LogP contribution >= 0.6 is 11.6 Å². The van der Waals surface area contributed by atoms with Crippen LogP contribution < -0.4 is 0 Å². The van der Waals surface area contributed by atoms with E-state index in [1.54, 1.807) is 13.0 Å². The zero-order valence-electron chi connectivity index (χ0n) is 7.98. The minimum absolute atomic E-state index is 0.157. The van der Waals surface area contributed by atoms with E-state index in [-0.39, 0.29) is 6.42 Å². The van der Waals surface area contributed by atoms with Gasteiger partial charge in [-0.05, 0) is 30.9 Å². The van der Waals surface area contributed by atoms with Crippen molar-refractivity contribution in [1.29, 1.82) is 0 Å². The van der Waals surface area contributed by atoms with Crippen molar-refractivity contribution < 1.29 is 13.2 Å². The van der Waals surface area contributed by atoms with Gasteiger partial charge in [0.2, 0.25) is 0 Å². The number of rotatable bonds is 1. The summed E-state index contributed by atoms with van der Waals surface area (Å²) >= 11 is 5.80. The van der Waals surface area contributed by atoms with Gasteiger partial charge in [-0.2, -0.15) is 13.2 Å². The first-order valence-electron chi connectivity index (χ1n) is 4.58. The van der Waals surface area contributed by atoms with Crippen LogP contribution in [0.2, 0.25) is 5.02 Å². The molecular formula is C10H9ClF3N. The van der Waals surface area contributed by atoms with Gasteiger partial charge < -0.3 is 0 Å². The Morgan fingerprint density at radius 2 is 2.13 bits per heavy atom. The zero-order valence-corrected chi connectivity index (χ0v) is 8.73. The van der Waals surface area contributed by atoms with Gasteiger partial charge in [0.15, 0.2) is 0 Å². The van der Waals surface area contributed by atoms with E-state index in [0.29, 0.717) is 16.3 Å². The Kier molecular flexibility index (Phi) is 2.41. The third-order valence-corrected chi connectivity index (χ3v) is 3.07. The second-order valence-electron chi connectivity index (χ2n) is 3.83. The Morgan fingerprint density at radius 3 is 2.60 bits per heavy atom. The zero-order chi connectivity index (χ0) is 11.2. The van der Waals surface area contributed by atoms with E-state index in [1.165, 1.54) is 6.20 Å². The lowest BCUT2D eigenvalue weighted by atomic mass is 10.1. The SMILES string of the molecule is Cc1ncc(C2CC2C(F)(F)F)cc1Cl. The molecule has 15 heavy (non-hydrogen) atoms. The van der Waals surface area contributed by atoms with Gasteiger partial charge >= 0.3 is 6.18 Å². The third kappa shape index (κ3) is 2.09. The fraction of sp³-hybridized carbons (Fsp3) is 0.500. The van der Waals surface area contributed by atoms with Crippen LogP contribution in [0, 0.1) is 12.8 Å². The van der Waals surface area contributed by atoms with Crippen molar-refractivity contribution in [2.45, 2.75) is 25.4 Å². The average molecular weight is 236 g/mol. The Morgan fingerprint density at radius 1 is 1.47 bits per heavy atom. The van der Waals surface area contributed by atoms with Gasteiger partial charge in [-0.3, -0.25) is 4.98 Å².